The number of aromatic nitrogens is 8. The minimum atomic E-state index is 0.560. The van der Waals surface area contributed by atoms with Crippen molar-refractivity contribution in [2.24, 2.45) is 0 Å². The molecule has 0 fully saturated rings. The van der Waals surface area contributed by atoms with E-state index < -0.39 is 0 Å². The Kier molecular flexibility index (Phi) is 8.71. The molecule has 0 atom stereocenters. The van der Waals surface area contributed by atoms with Gasteiger partial charge in [-0.25, -0.2) is 39.9 Å². The third kappa shape index (κ3) is 6.30. The van der Waals surface area contributed by atoms with Gasteiger partial charge in [0.1, 0.15) is 23.4 Å². The Morgan fingerprint density at radius 2 is 0.972 bits per heavy atom. The molecule has 0 aliphatic heterocycles. The van der Waals surface area contributed by atoms with Crippen LogP contribution in [0.1, 0.15) is 76.2 Å². The predicted octanol–water partition coefficient (Wildman–Crippen LogP) is 5.66. The molecule has 0 radical (unpaired) electrons. The normalized spacial score (nSPS) is 11.1. The first-order valence-electron chi connectivity index (χ1n) is 13.0. The minimum Gasteiger partial charge on any atom is -0.241 e. The third-order valence-electron chi connectivity index (χ3n) is 5.71. The van der Waals surface area contributed by atoms with Gasteiger partial charge < -0.3 is 0 Å². The summed E-state index contributed by atoms with van der Waals surface area (Å²) in [7, 11) is 0. The Balaban J connectivity index is 1.83. The summed E-state index contributed by atoms with van der Waals surface area (Å²) in [6, 6.07) is 7.93. The van der Waals surface area contributed by atoms with E-state index in [1.54, 1.807) is 12.5 Å². The van der Waals surface area contributed by atoms with Gasteiger partial charge in [0.2, 0.25) is 0 Å². The molecule has 0 N–H and O–H groups in total. The van der Waals surface area contributed by atoms with Gasteiger partial charge >= 0.3 is 0 Å². The van der Waals surface area contributed by atoms with Crippen molar-refractivity contribution in [2.45, 2.75) is 79.1 Å². The van der Waals surface area contributed by atoms with Crippen LogP contribution in [0.4, 0.5) is 0 Å². The van der Waals surface area contributed by atoms with Gasteiger partial charge in [0.25, 0.3) is 0 Å². The average molecular weight is 483 g/mol. The van der Waals surface area contributed by atoms with Gasteiger partial charge in [0.15, 0.2) is 17.5 Å². The second kappa shape index (κ2) is 12.3. The van der Waals surface area contributed by atoms with Crippen LogP contribution in [0, 0.1) is 0 Å². The molecule has 4 heterocycles. The highest BCUT2D eigenvalue weighted by Gasteiger charge is 2.16. The summed E-state index contributed by atoms with van der Waals surface area (Å²) in [4.78, 5) is 37.6. The summed E-state index contributed by atoms with van der Waals surface area (Å²) in [6.07, 6.45) is 10.9. The van der Waals surface area contributed by atoms with E-state index in [4.69, 9.17) is 24.9 Å². The maximum atomic E-state index is 4.88. The number of rotatable bonds is 11. The highest BCUT2D eigenvalue weighted by molar-refractivity contribution is 5.60. The van der Waals surface area contributed by atoms with Crippen molar-refractivity contribution >= 4 is 0 Å². The van der Waals surface area contributed by atoms with Crippen molar-refractivity contribution in [3.05, 3.63) is 59.6 Å². The quantitative estimate of drug-likeness (QED) is 0.270. The molecule has 4 aromatic heterocycles. The summed E-state index contributed by atoms with van der Waals surface area (Å²) in [5, 5.41) is 0. The summed E-state index contributed by atoms with van der Waals surface area (Å²) >= 11 is 0. The predicted molar refractivity (Wildman–Crippen MR) is 141 cm³/mol. The van der Waals surface area contributed by atoms with E-state index in [2.05, 4.69) is 42.6 Å². The SMILES string of the molecule is CCCc1cc(-c2nc(CCC)cc(-c3nc(CCC)cc(-c4nccc(CCC)n4)n3)n2)ncn1. The smallest absolute Gasteiger partial charge is 0.179 e. The lowest BCUT2D eigenvalue weighted by Gasteiger charge is -2.10. The summed E-state index contributed by atoms with van der Waals surface area (Å²) in [5.41, 5.74) is 6.01. The van der Waals surface area contributed by atoms with Crippen molar-refractivity contribution in [3.63, 3.8) is 0 Å². The van der Waals surface area contributed by atoms with Crippen LogP contribution in [-0.2, 0) is 25.7 Å². The molecule has 4 aromatic rings. The number of aryl methyl sites for hydroxylation is 4. The molecule has 0 unspecified atom stereocenters. The molecule has 0 aliphatic rings. The van der Waals surface area contributed by atoms with E-state index in [1.165, 1.54) is 0 Å². The van der Waals surface area contributed by atoms with Crippen molar-refractivity contribution in [1.29, 1.82) is 0 Å². The minimum absolute atomic E-state index is 0.560. The Morgan fingerprint density at radius 1 is 0.472 bits per heavy atom. The largest absolute Gasteiger partial charge is 0.241 e. The number of hydrogen-bond donors (Lipinski definition) is 0. The van der Waals surface area contributed by atoms with Gasteiger partial charge in [-0.15, -0.1) is 0 Å². The van der Waals surface area contributed by atoms with E-state index in [9.17, 15) is 0 Å². The molecular formula is C28H34N8. The van der Waals surface area contributed by atoms with Crippen LogP contribution in [0.25, 0.3) is 34.6 Å². The van der Waals surface area contributed by atoms with Gasteiger partial charge in [-0.1, -0.05) is 53.4 Å². The van der Waals surface area contributed by atoms with Gasteiger partial charge in [-0.05, 0) is 49.9 Å². The zero-order chi connectivity index (χ0) is 25.3. The topological polar surface area (TPSA) is 103 Å². The fourth-order valence-electron chi connectivity index (χ4n) is 4.05. The van der Waals surface area contributed by atoms with Crippen LogP contribution in [0.5, 0.6) is 0 Å². The van der Waals surface area contributed by atoms with Crippen LogP contribution in [0.15, 0.2) is 36.8 Å². The first kappa shape index (κ1) is 25.4. The number of hydrogen-bond acceptors (Lipinski definition) is 8. The van der Waals surface area contributed by atoms with Crippen LogP contribution in [-0.4, -0.2) is 39.9 Å². The fourth-order valence-corrected chi connectivity index (χ4v) is 4.05. The molecule has 4 rings (SSSR count). The molecule has 0 saturated heterocycles. The van der Waals surface area contributed by atoms with E-state index in [0.29, 0.717) is 34.6 Å². The Bertz CT molecular complexity index is 1200. The van der Waals surface area contributed by atoms with Gasteiger partial charge in [-0.3, -0.25) is 0 Å². The zero-order valence-electron chi connectivity index (χ0n) is 21.7. The molecule has 0 amide bonds. The Morgan fingerprint density at radius 3 is 1.61 bits per heavy atom. The molecular weight excluding hydrogens is 448 g/mol. The molecule has 0 spiro atoms. The van der Waals surface area contributed by atoms with E-state index in [0.717, 1.165) is 74.1 Å². The molecule has 0 bridgehead atoms. The van der Waals surface area contributed by atoms with Crippen molar-refractivity contribution < 1.29 is 0 Å². The average Bonchev–Trinajstić information content (AvgIpc) is 2.89. The van der Waals surface area contributed by atoms with E-state index >= 15 is 0 Å². The molecule has 36 heavy (non-hydrogen) atoms. The van der Waals surface area contributed by atoms with Crippen LogP contribution in [0.3, 0.4) is 0 Å². The highest BCUT2D eigenvalue weighted by Crippen LogP contribution is 2.24. The van der Waals surface area contributed by atoms with Gasteiger partial charge in [-0.2, -0.15) is 0 Å². The first-order valence-corrected chi connectivity index (χ1v) is 13.0. The summed E-state index contributed by atoms with van der Waals surface area (Å²) in [5.74, 6) is 1.75. The van der Waals surface area contributed by atoms with Gasteiger partial charge in [0, 0.05) is 29.0 Å². The lowest BCUT2D eigenvalue weighted by atomic mass is 10.1. The Labute approximate surface area is 213 Å². The lowest BCUT2D eigenvalue weighted by molar-refractivity contribution is 0.856. The zero-order valence-corrected chi connectivity index (χ0v) is 21.7. The highest BCUT2D eigenvalue weighted by atomic mass is 15.0. The molecule has 0 aliphatic carbocycles. The van der Waals surface area contributed by atoms with E-state index in [-0.39, 0.29) is 0 Å². The van der Waals surface area contributed by atoms with Crippen molar-refractivity contribution in [3.8, 4) is 34.6 Å². The standard InChI is InChI=1S/C28H34N8/c1-5-9-19-13-14-29-26(32-19)24-16-21(11-7-3)34-28(35-24)25-17-22(12-8-4)33-27(36-25)23-15-20(10-6-2)30-18-31-23/h13-18H,5-12H2,1-4H3. The summed E-state index contributed by atoms with van der Waals surface area (Å²) in [6.45, 7) is 8.57. The first-order chi connectivity index (χ1) is 17.6. The maximum Gasteiger partial charge on any atom is 0.179 e. The second-order valence-corrected chi connectivity index (χ2v) is 8.90. The molecule has 0 aromatic carbocycles. The summed E-state index contributed by atoms with van der Waals surface area (Å²) < 4.78 is 0. The van der Waals surface area contributed by atoms with E-state index in [1.807, 2.05) is 24.3 Å². The fraction of sp³-hybridized carbons (Fsp3) is 0.429. The molecule has 8 nitrogen and oxygen atoms in total. The maximum absolute atomic E-state index is 4.88. The molecule has 186 valence electrons. The monoisotopic (exact) mass is 482 g/mol. The Hall–Kier alpha value is -3.68. The van der Waals surface area contributed by atoms with Crippen molar-refractivity contribution in [2.75, 3.05) is 0 Å². The van der Waals surface area contributed by atoms with Crippen LogP contribution in [0.2, 0.25) is 0 Å². The van der Waals surface area contributed by atoms with Crippen LogP contribution >= 0.6 is 0 Å². The molecule has 0 saturated carbocycles. The lowest BCUT2D eigenvalue weighted by Crippen LogP contribution is -2.05. The van der Waals surface area contributed by atoms with Crippen LogP contribution < -0.4 is 0 Å². The number of nitrogens with zero attached hydrogens (tertiary/aromatic N) is 8. The van der Waals surface area contributed by atoms with Gasteiger partial charge in [0.05, 0.1) is 0 Å². The second-order valence-electron chi connectivity index (χ2n) is 8.90. The van der Waals surface area contributed by atoms with Crippen molar-refractivity contribution in [1.82, 2.24) is 39.9 Å². The third-order valence-corrected chi connectivity index (χ3v) is 5.71. The molecule has 8 heteroatoms.